The fourth-order valence-corrected chi connectivity index (χ4v) is 6.13. The topological polar surface area (TPSA) is 81.7 Å². The molecule has 11 heteroatoms. The van der Waals surface area contributed by atoms with Crippen molar-refractivity contribution in [2.45, 2.75) is 70.0 Å². The number of nitrogens with one attached hydrogen (secondary N) is 2. The van der Waals surface area contributed by atoms with Crippen molar-refractivity contribution in [1.82, 2.24) is 15.5 Å². The van der Waals surface area contributed by atoms with Crippen molar-refractivity contribution in [2.24, 2.45) is 0 Å². The van der Waals surface area contributed by atoms with Crippen LogP contribution in [0, 0.1) is 13.8 Å². The number of rotatable bonds is 9. The summed E-state index contributed by atoms with van der Waals surface area (Å²) in [5.41, 5.74) is 1.16. The highest BCUT2D eigenvalue weighted by Crippen LogP contribution is 2.38. The molecule has 0 spiro atoms. The number of alkyl halides is 3. The van der Waals surface area contributed by atoms with Crippen molar-refractivity contribution in [3.8, 4) is 0 Å². The van der Waals surface area contributed by atoms with Crippen LogP contribution in [-0.4, -0.2) is 50.4 Å². The molecule has 0 saturated carbocycles. The molecule has 2 aromatic carbocycles. The van der Waals surface area contributed by atoms with E-state index < -0.39 is 27.8 Å². The average Bonchev–Trinajstić information content (AvgIpc) is 2.84. The molecular weight excluding hydrogens is 527 g/mol. The molecule has 1 aliphatic rings. The van der Waals surface area contributed by atoms with E-state index in [1.165, 1.54) is 6.07 Å². The number of aliphatic hydroxyl groups excluding tert-OH is 1. The molecule has 1 heterocycles. The SMILES string of the molecule is CCS(=O)(=O)c1cc(C)c(C)cc1CNC(O)c1cc(Cl)c(CN2CCC[C@H](NC)C2)c(C(F)(F)F)c1. The van der Waals surface area contributed by atoms with Gasteiger partial charge in [0.1, 0.15) is 6.23 Å². The summed E-state index contributed by atoms with van der Waals surface area (Å²) < 4.78 is 67.4. The van der Waals surface area contributed by atoms with Crippen molar-refractivity contribution >= 4 is 21.4 Å². The van der Waals surface area contributed by atoms with E-state index in [0.717, 1.165) is 30.0 Å². The minimum absolute atomic E-state index is 0.0210. The minimum atomic E-state index is -4.66. The van der Waals surface area contributed by atoms with Gasteiger partial charge in [-0.25, -0.2) is 8.42 Å². The number of aryl methyl sites for hydroxylation is 2. The summed E-state index contributed by atoms with van der Waals surface area (Å²) in [6.07, 6.45) is -4.32. The second-order valence-corrected chi connectivity index (χ2v) is 12.3. The van der Waals surface area contributed by atoms with Crippen molar-refractivity contribution in [2.75, 3.05) is 25.9 Å². The highest BCUT2D eigenvalue weighted by molar-refractivity contribution is 7.91. The molecule has 6 nitrogen and oxygen atoms in total. The van der Waals surface area contributed by atoms with Crippen LogP contribution < -0.4 is 10.6 Å². The third-order valence-corrected chi connectivity index (χ3v) is 9.16. The van der Waals surface area contributed by atoms with Gasteiger partial charge < -0.3 is 10.4 Å². The molecule has 1 fully saturated rings. The molecule has 0 aliphatic carbocycles. The van der Waals surface area contributed by atoms with Crippen LogP contribution in [-0.2, 0) is 29.1 Å². The minimum Gasteiger partial charge on any atom is -0.374 e. The predicted octanol–water partition coefficient (Wildman–Crippen LogP) is 4.73. The molecule has 1 aliphatic heterocycles. The van der Waals surface area contributed by atoms with Crippen molar-refractivity contribution < 1.29 is 26.7 Å². The van der Waals surface area contributed by atoms with Gasteiger partial charge in [-0.15, -0.1) is 0 Å². The summed E-state index contributed by atoms with van der Waals surface area (Å²) in [7, 11) is -1.70. The highest BCUT2D eigenvalue weighted by atomic mass is 35.5. The Morgan fingerprint density at radius 1 is 1.19 bits per heavy atom. The van der Waals surface area contributed by atoms with Crippen LogP contribution in [0.25, 0.3) is 0 Å². The van der Waals surface area contributed by atoms with Crippen LogP contribution in [0.4, 0.5) is 13.2 Å². The van der Waals surface area contributed by atoms with E-state index in [4.69, 9.17) is 11.6 Å². The van der Waals surface area contributed by atoms with E-state index in [2.05, 4.69) is 10.6 Å². The van der Waals surface area contributed by atoms with Crippen molar-refractivity contribution in [3.63, 3.8) is 0 Å². The molecule has 0 amide bonds. The van der Waals surface area contributed by atoms with Crippen LogP contribution in [0.5, 0.6) is 0 Å². The first-order chi connectivity index (χ1) is 17.3. The second kappa shape index (κ2) is 12.0. The number of piperidine rings is 1. The lowest BCUT2D eigenvalue weighted by Crippen LogP contribution is -2.44. The Hall–Kier alpha value is -1.69. The third kappa shape index (κ3) is 7.25. The number of hydrogen-bond acceptors (Lipinski definition) is 6. The first-order valence-electron chi connectivity index (χ1n) is 12.3. The first kappa shape index (κ1) is 29.9. The van der Waals surface area contributed by atoms with Gasteiger partial charge in [0.05, 0.1) is 16.2 Å². The Kier molecular flexibility index (Phi) is 9.69. The molecule has 2 aromatic rings. The number of aliphatic hydroxyl groups is 1. The lowest BCUT2D eigenvalue weighted by atomic mass is 9.99. The Morgan fingerprint density at radius 3 is 2.49 bits per heavy atom. The normalized spacial score (nSPS) is 18.2. The fraction of sp³-hybridized carbons (Fsp3) is 0.538. The second-order valence-electron chi connectivity index (χ2n) is 9.62. The number of nitrogens with zero attached hydrogens (tertiary/aromatic N) is 1. The van der Waals surface area contributed by atoms with Gasteiger partial charge in [0.2, 0.25) is 0 Å². The summed E-state index contributed by atoms with van der Waals surface area (Å²) in [4.78, 5) is 2.09. The Labute approximate surface area is 222 Å². The predicted molar refractivity (Wildman–Crippen MR) is 139 cm³/mol. The summed E-state index contributed by atoms with van der Waals surface area (Å²) in [6, 6.07) is 5.77. The molecule has 3 rings (SSSR count). The zero-order chi connectivity index (χ0) is 27.5. The monoisotopic (exact) mass is 561 g/mol. The summed E-state index contributed by atoms with van der Waals surface area (Å²) in [5.74, 6) is -0.0941. The Bertz CT molecular complexity index is 1220. The average molecular weight is 562 g/mol. The summed E-state index contributed by atoms with van der Waals surface area (Å²) >= 11 is 6.37. The van der Waals surface area contributed by atoms with Gasteiger partial charge in [-0.3, -0.25) is 10.2 Å². The molecule has 1 saturated heterocycles. The zero-order valence-electron chi connectivity index (χ0n) is 21.5. The van der Waals surface area contributed by atoms with Gasteiger partial charge in [0.15, 0.2) is 9.84 Å². The number of sulfone groups is 1. The Balaban J connectivity index is 1.88. The van der Waals surface area contributed by atoms with Gasteiger partial charge >= 0.3 is 6.18 Å². The molecule has 37 heavy (non-hydrogen) atoms. The molecule has 0 bridgehead atoms. The molecule has 1 unspecified atom stereocenters. The number of benzene rings is 2. The van der Waals surface area contributed by atoms with Gasteiger partial charge in [0, 0.05) is 30.7 Å². The molecule has 2 atom stereocenters. The number of halogens is 4. The van der Waals surface area contributed by atoms with Crippen LogP contribution in [0.2, 0.25) is 5.02 Å². The van der Waals surface area contributed by atoms with Gasteiger partial charge in [-0.05, 0) is 86.3 Å². The van der Waals surface area contributed by atoms with E-state index in [1.54, 1.807) is 26.0 Å². The maximum absolute atomic E-state index is 14.1. The van der Waals surface area contributed by atoms with E-state index >= 15 is 0 Å². The number of likely N-dealkylation sites (tertiary alicyclic amines) is 1. The summed E-state index contributed by atoms with van der Waals surface area (Å²) in [5, 5.41) is 16.6. The van der Waals surface area contributed by atoms with Gasteiger partial charge in [0.25, 0.3) is 0 Å². The number of likely N-dealkylation sites (N-methyl/N-ethyl adjacent to an activating group) is 1. The molecule has 0 radical (unpaired) electrons. The van der Waals surface area contributed by atoms with Gasteiger partial charge in [-0.1, -0.05) is 24.6 Å². The molecule has 3 N–H and O–H groups in total. The fourth-order valence-electron chi connectivity index (χ4n) is 4.64. The lowest BCUT2D eigenvalue weighted by Gasteiger charge is -2.33. The van der Waals surface area contributed by atoms with E-state index in [-0.39, 0.29) is 45.9 Å². The quantitative estimate of drug-likeness (QED) is 0.384. The highest BCUT2D eigenvalue weighted by Gasteiger charge is 2.36. The van der Waals surface area contributed by atoms with Crippen LogP contribution >= 0.6 is 11.6 Å². The largest absolute Gasteiger partial charge is 0.416 e. The van der Waals surface area contributed by atoms with Crippen LogP contribution in [0.15, 0.2) is 29.2 Å². The van der Waals surface area contributed by atoms with Crippen LogP contribution in [0.3, 0.4) is 0 Å². The summed E-state index contributed by atoms with van der Waals surface area (Å²) in [6.45, 7) is 6.48. The molecule has 0 aromatic heterocycles. The maximum Gasteiger partial charge on any atom is 0.416 e. The smallest absolute Gasteiger partial charge is 0.374 e. The number of hydrogen-bond donors (Lipinski definition) is 3. The van der Waals surface area contributed by atoms with E-state index in [0.29, 0.717) is 18.7 Å². The van der Waals surface area contributed by atoms with Crippen LogP contribution in [0.1, 0.15) is 59.4 Å². The Morgan fingerprint density at radius 2 is 1.86 bits per heavy atom. The maximum atomic E-state index is 14.1. The van der Waals surface area contributed by atoms with E-state index in [1.807, 2.05) is 18.9 Å². The third-order valence-electron chi connectivity index (χ3n) is 7.01. The molecule has 206 valence electrons. The first-order valence-corrected chi connectivity index (χ1v) is 14.3. The van der Waals surface area contributed by atoms with Crippen molar-refractivity contribution in [1.29, 1.82) is 0 Å². The van der Waals surface area contributed by atoms with E-state index in [9.17, 15) is 26.7 Å². The standard InChI is InChI=1S/C26H35ClF3N3O3S/c1-5-37(35,36)24-10-17(3)16(2)9-19(24)13-32-25(34)18-11-22(26(28,29)30)21(23(27)12-18)15-33-8-6-7-20(14-33)31-4/h9-12,20,25,31-32,34H,5-8,13-15H2,1-4H3/t20-,25?/m0/s1. The lowest BCUT2D eigenvalue weighted by molar-refractivity contribution is -0.138. The van der Waals surface area contributed by atoms with Gasteiger partial charge in [-0.2, -0.15) is 13.2 Å². The zero-order valence-corrected chi connectivity index (χ0v) is 23.1. The molecular formula is C26H35ClF3N3O3S. The van der Waals surface area contributed by atoms with Crippen molar-refractivity contribution in [3.05, 3.63) is 62.7 Å².